The molecule has 0 spiro atoms. The van der Waals surface area contributed by atoms with Crippen molar-refractivity contribution in [3.63, 3.8) is 0 Å². The average Bonchev–Trinajstić information content (AvgIpc) is 3.02. The Labute approximate surface area is 159 Å². The van der Waals surface area contributed by atoms with Gasteiger partial charge in [0.25, 0.3) is 0 Å². The molecule has 27 heavy (non-hydrogen) atoms. The van der Waals surface area contributed by atoms with E-state index in [4.69, 9.17) is 4.74 Å². The molecule has 1 aliphatic rings. The summed E-state index contributed by atoms with van der Waals surface area (Å²) in [6.45, 7) is 2.96. The van der Waals surface area contributed by atoms with Gasteiger partial charge >= 0.3 is 0 Å². The Morgan fingerprint density at radius 2 is 2.07 bits per heavy atom. The first-order valence-electron chi connectivity index (χ1n) is 8.94. The molecule has 0 aliphatic carbocycles. The molecular formula is C20H23N3O3S. The molecule has 142 valence electrons. The molecule has 6 nitrogen and oxygen atoms in total. The molecule has 1 unspecified atom stereocenters. The molecule has 0 amide bonds. The van der Waals surface area contributed by atoms with E-state index >= 15 is 0 Å². The molecule has 1 fully saturated rings. The third-order valence-electron chi connectivity index (χ3n) is 5.00. The number of aromatic nitrogens is 2. The lowest BCUT2D eigenvalue weighted by Gasteiger charge is -2.33. The van der Waals surface area contributed by atoms with Crippen LogP contribution in [0.3, 0.4) is 0 Å². The molecule has 1 atom stereocenters. The van der Waals surface area contributed by atoms with Crippen LogP contribution >= 0.6 is 0 Å². The van der Waals surface area contributed by atoms with E-state index < -0.39 is 9.84 Å². The number of benzene rings is 2. The fraction of sp³-hybridized carbons (Fsp3) is 0.350. The molecule has 4 rings (SSSR count). The van der Waals surface area contributed by atoms with Crippen molar-refractivity contribution >= 4 is 20.9 Å². The molecule has 2 heterocycles. The Bertz CT molecular complexity index is 1080. The number of sulfone groups is 1. The molecular weight excluding hydrogens is 362 g/mol. The third-order valence-corrected chi connectivity index (χ3v) is 6.11. The Hall–Kier alpha value is -2.22. The highest BCUT2D eigenvalue weighted by atomic mass is 32.2. The number of rotatable bonds is 4. The topological polar surface area (TPSA) is 64.4 Å². The number of morpholine rings is 1. The second-order valence-corrected chi connectivity index (χ2v) is 9.13. The monoisotopic (exact) mass is 385 g/mol. The predicted molar refractivity (Wildman–Crippen MR) is 104 cm³/mol. The quantitative estimate of drug-likeness (QED) is 0.691. The fourth-order valence-electron chi connectivity index (χ4n) is 3.52. The van der Waals surface area contributed by atoms with E-state index in [0.717, 1.165) is 35.2 Å². The fourth-order valence-corrected chi connectivity index (χ4v) is 4.22. The van der Waals surface area contributed by atoms with Gasteiger partial charge in [-0.3, -0.25) is 4.90 Å². The van der Waals surface area contributed by atoms with E-state index in [1.54, 1.807) is 18.2 Å². The van der Waals surface area contributed by atoms with Crippen LogP contribution in [-0.2, 0) is 28.2 Å². The first-order valence-corrected chi connectivity index (χ1v) is 10.8. The minimum absolute atomic E-state index is 0.00357. The van der Waals surface area contributed by atoms with Gasteiger partial charge < -0.3 is 9.30 Å². The SMILES string of the molecule is Cn1cnc2ccc(C3CN(Cc4cccc(S(C)(=O)=O)c4)CCO3)cc21. The van der Waals surface area contributed by atoms with Gasteiger partial charge in [-0.25, -0.2) is 13.4 Å². The van der Waals surface area contributed by atoms with E-state index in [2.05, 4.69) is 22.0 Å². The van der Waals surface area contributed by atoms with Crippen LogP contribution in [0.2, 0.25) is 0 Å². The molecule has 3 aromatic rings. The summed E-state index contributed by atoms with van der Waals surface area (Å²) in [4.78, 5) is 7.04. The minimum Gasteiger partial charge on any atom is -0.371 e. The summed E-state index contributed by atoms with van der Waals surface area (Å²) in [7, 11) is -1.20. The average molecular weight is 385 g/mol. The lowest BCUT2D eigenvalue weighted by Crippen LogP contribution is -2.37. The first-order chi connectivity index (χ1) is 12.9. The summed E-state index contributed by atoms with van der Waals surface area (Å²) in [6, 6.07) is 13.4. The van der Waals surface area contributed by atoms with Gasteiger partial charge in [0.05, 0.1) is 35.0 Å². The third kappa shape index (κ3) is 3.90. The number of hydrogen-bond donors (Lipinski definition) is 0. The van der Waals surface area contributed by atoms with Gasteiger partial charge in [-0.1, -0.05) is 18.2 Å². The summed E-state index contributed by atoms with van der Waals surface area (Å²) >= 11 is 0. The highest BCUT2D eigenvalue weighted by Crippen LogP contribution is 2.26. The number of ether oxygens (including phenoxy) is 1. The van der Waals surface area contributed by atoms with E-state index in [-0.39, 0.29) is 6.10 Å². The van der Waals surface area contributed by atoms with Gasteiger partial charge in [-0.05, 0) is 35.4 Å². The van der Waals surface area contributed by atoms with Crippen LogP contribution in [0.1, 0.15) is 17.2 Å². The second kappa shape index (κ2) is 7.07. The molecule has 0 radical (unpaired) electrons. The van der Waals surface area contributed by atoms with Crippen LogP contribution < -0.4 is 0 Å². The van der Waals surface area contributed by atoms with Crippen molar-refractivity contribution in [1.82, 2.24) is 14.5 Å². The van der Waals surface area contributed by atoms with Crippen LogP contribution in [0, 0.1) is 0 Å². The van der Waals surface area contributed by atoms with Gasteiger partial charge in [-0.2, -0.15) is 0 Å². The standard InChI is InChI=1S/C20H23N3O3S/c1-22-14-21-18-7-6-16(11-19(18)22)20-13-23(8-9-26-20)12-15-4-3-5-17(10-15)27(2,24)25/h3-7,10-11,14,20H,8-9,12-13H2,1-2H3. The molecule has 0 N–H and O–H groups in total. The summed E-state index contributed by atoms with van der Waals surface area (Å²) in [5, 5.41) is 0. The van der Waals surface area contributed by atoms with Gasteiger partial charge in [0, 0.05) is 32.9 Å². The number of imidazole rings is 1. The maximum Gasteiger partial charge on any atom is 0.175 e. The summed E-state index contributed by atoms with van der Waals surface area (Å²) in [5.41, 5.74) is 4.21. The van der Waals surface area contributed by atoms with E-state index in [9.17, 15) is 8.42 Å². The van der Waals surface area contributed by atoms with Crippen molar-refractivity contribution in [3.05, 3.63) is 59.9 Å². The Balaban J connectivity index is 1.52. The molecule has 2 aromatic carbocycles. The largest absolute Gasteiger partial charge is 0.371 e. The van der Waals surface area contributed by atoms with E-state index in [1.165, 1.54) is 6.26 Å². The lowest BCUT2D eigenvalue weighted by atomic mass is 10.1. The zero-order valence-corrected chi connectivity index (χ0v) is 16.3. The van der Waals surface area contributed by atoms with Gasteiger partial charge in [-0.15, -0.1) is 0 Å². The van der Waals surface area contributed by atoms with Gasteiger partial charge in [0.1, 0.15) is 0 Å². The molecule has 1 aromatic heterocycles. The summed E-state index contributed by atoms with van der Waals surface area (Å²) in [5.74, 6) is 0. The minimum atomic E-state index is -3.19. The van der Waals surface area contributed by atoms with Crippen molar-refractivity contribution in [3.8, 4) is 0 Å². The van der Waals surface area contributed by atoms with Crippen molar-refractivity contribution in [1.29, 1.82) is 0 Å². The lowest BCUT2D eigenvalue weighted by molar-refractivity contribution is -0.0329. The van der Waals surface area contributed by atoms with Crippen LogP contribution in [0.25, 0.3) is 11.0 Å². The van der Waals surface area contributed by atoms with Crippen LogP contribution in [0.5, 0.6) is 0 Å². The number of aryl methyl sites for hydroxylation is 1. The van der Waals surface area contributed by atoms with Crippen molar-refractivity contribution in [2.24, 2.45) is 7.05 Å². The number of nitrogens with zero attached hydrogens (tertiary/aromatic N) is 3. The predicted octanol–water partition coefficient (Wildman–Crippen LogP) is 2.55. The van der Waals surface area contributed by atoms with E-state index in [0.29, 0.717) is 18.0 Å². The molecule has 1 saturated heterocycles. The zero-order valence-electron chi connectivity index (χ0n) is 15.5. The zero-order chi connectivity index (χ0) is 19.0. The Morgan fingerprint density at radius 1 is 1.22 bits per heavy atom. The summed E-state index contributed by atoms with van der Waals surface area (Å²) < 4.78 is 31.6. The molecule has 0 bridgehead atoms. The Kier molecular flexibility index (Phi) is 4.75. The van der Waals surface area contributed by atoms with Gasteiger partial charge in [0.2, 0.25) is 0 Å². The molecule has 7 heteroatoms. The number of fused-ring (bicyclic) bond motifs is 1. The van der Waals surface area contributed by atoms with Crippen LogP contribution in [-0.4, -0.2) is 48.8 Å². The van der Waals surface area contributed by atoms with E-state index in [1.807, 2.05) is 30.1 Å². The molecule has 1 aliphatic heterocycles. The second-order valence-electron chi connectivity index (χ2n) is 7.12. The van der Waals surface area contributed by atoms with Crippen LogP contribution in [0.15, 0.2) is 53.7 Å². The maximum atomic E-state index is 11.8. The van der Waals surface area contributed by atoms with Crippen molar-refractivity contribution < 1.29 is 13.2 Å². The van der Waals surface area contributed by atoms with Crippen molar-refractivity contribution in [2.45, 2.75) is 17.5 Å². The smallest absolute Gasteiger partial charge is 0.175 e. The summed E-state index contributed by atoms with van der Waals surface area (Å²) in [6.07, 6.45) is 3.05. The van der Waals surface area contributed by atoms with Crippen molar-refractivity contribution in [2.75, 3.05) is 26.0 Å². The highest BCUT2D eigenvalue weighted by molar-refractivity contribution is 7.90. The van der Waals surface area contributed by atoms with Crippen LogP contribution in [0.4, 0.5) is 0 Å². The first kappa shape index (κ1) is 18.2. The maximum absolute atomic E-state index is 11.8. The Morgan fingerprint density at radius 3 is 2.89 bits per heavy atom. The highest BCUT2D eigenvalue weighted by Gasteiger charge is 2.23. The van der Waals surface area contributed by atoms with Gasteiger partial charge in [0.15, 0.2) is 9.84 Å². The number of hydrogen-bond acceptors (Lipinski definition) is 5. The normalized spacial score (nSPS) is 18.8. The molecule has 0 saturated carbocycles.